The Morgan fingerprint density at radius 3 is 2.61 bits per heavy atom. The van der Waals surface area contributed by atoms with Gasteiger partial charge in [0.2, 0.25) is 0 Å². The molecule has 0 aromatic carbocycles. The van der Waals surface area contributed by atoms with Crippen LogP contribution < -0.4 is 5.32 Å². The SMILES string of the molecule is Cc1cnn(C)c1Nc1nc2c(s1)c(C)nn2C. The van der Waals surface area contributed by atoms with Gasteiger partial charge in [-0.1, -0.05) is 11.3 Å². The van der Waals surface area contributed by atoms with E-state index >= 15 is 0 Å². The van der Waals surface area contributed by atoms with Crippen LogP contribution in [0.25, 0.3) is 10.3 Å². The first-order valence-corrected chi connectivity index (χ1v) is 6.43. The van der Waals surface area contributed by atoms with E-state index in [0.29, 0.717) is 0 Å². The predicted molar refractivity (Wildman–Crippen MR) is 72.4 cm³/mol. The fraction of sp³-hybridized carbons (Fsp3) is 0.364. The van der Waals surface area contributed by atoms with E-state index in [2.05, 4.69) is 20.5 Å². The summed E-state index contributed by atoms with van der Waals surface area (Å²) in [5, 5.41) is 12.7. The summed E-state index contributed by atoms with van der Waals surface area (Å²) in [5.41, 5.74) is 3.03. The Morgan fingerprint density at radius 2 is 2.00 bits per heavy atom. The van der Waals surface area contributed by atoms with E-state index < -0.39 is 0 Å². The number of nitrogens with zero attached hydrogens (tertiary/aromatic N) is 5. The lowest BCUT2D eigenvalue weighted by Gasteiger charge is -2.03. The fourth-order valence-corrected chi connectivity index (χ4v) is 2.90. The van der Waals surface area contributed by atoms with E-state index in [4.69, 9.17) is 0 Å². The summed E-state index contributed by atoms with van der Waals surface area (Å²) in [7, 11) is 3.82. The van der Waals surface area contributed by atoms with Crippen LogP contribution in [0.2, 0.25) is 0 Å². The highest BCUT2D eigenvalue weighted by Gasteiger charge is 2.13. The van der Waals surface area contributed by atoms with Crippen molar-refractivity contribution in [3.63, 3.8) is 0 Å². The van der Waals surface area contributed by atoms with Crippen molar-refractivity contribution in [3.05, 3.63) is 17.5 Å². The van der Waals surface area contributed by atoms with Gasteiger partial charge in [0.1, 0.15) is 5.82 Å². The number of nitrogens with one attached hydrogen (secondary N) is 1. The minimum absolute atomic E-state index is 0.868. The Morgan fingerprint density at radius 1 is 1.22 bits per heavy atom. The first-order valence-electron chi connectivity index (χ1n) is 5.62. The summed E-state index contributed by atoms with van der Waals surface area (Å²) >= 11 is 1.61. The molecular formula is C11H14N6S. The zero-order valence-corrected chi connectivity index (χ0v) is 11.5. The molecule has 0 unspecified atom stereocenters. The van der Waals surface area contributed by atoms with E-state index in [9.17, 15) is 0 Å². The van der Waals surface area contributed by atoms with Crippen LogP contribution in [0.3, 0.4) is 0 Å². The second-order valence-corrected chi connectivity index (χ2v) is 5.30. The van der Waals surface area contributed by atoms with Gasteiger partial charge in [0.15, 0.2) is 10.8 Å². The summed E-state index contributed by atoms with van der Waals surface area (Å²) in [6, 6.07) is 0. The van der Waals surface area contributed by atoms with Gasteiger partial charge in [-0.15, -0.1) is 0 Å². The average molecular weight is 262 g/mol. The topological polar surface area (TPSA) is 60.6 Å². The van der Waals surface area contributed by atoms with Gasteiger partial charge in [-0.2, -0.15) is 10.2 Å². The van der Waals surface area contributed by atoms with Gasteiger partial charge in [0.05, 0.1) is 16.6 Å². The number of hydrogen-bond acceptors (Lipinski definition) is 5. The molecule has 0 radical (unpaired) electrons. The molecule has 0 amide bonds. The third-order valence-corrected chi connectivity index (χ3v) is 3.96. The third kappa shape index (κ3) is 1.59. The molecule has 3 aromatic rings. The summed E-state index contributed by atoms with van der Waals surface area (Å²) in [4.78, 5) is 4.56. The number of aryl methyl sites for hydroxylation is 4. The second kappa shape index (κ2) is 3.81. The molecule has 7 heteroatoms. The van der Waals surface area contributed by atoms with Gasteiger partial charge in [0, 0.05) is 19.7 Å². The highest BCUT2D eigenvalue weighted by molar-refractivity contribution is 7.22. The summed E-state index contributed by atoms with van der Waals surface area (Å²) in [6.45, 7) is 4.02. The quantitative estimate of drug-likeness (QED) is 0.768. The van der Waals surface area contributed by atoms with Crippen LogP contribution in [-0.2, 0) is 14.1 Å². The molecule has 0 spiro atoms. The minimum atomic E-state index is 0.868. The molecule has 0 saturated carbocycles. The summed E-state index contributed by atoms with van der Waals surface area (Å²) in [5.74, 6) is 0.972. The maximum absolute atomic E-state index is 4.56. The monoisotopic (exact) mass is 262 g/mol. The Labute approximate surface area is 108 Å². The first-order chi connectivity index (χ1) is 8.56. The molecule has 18 heavy (non-hydrogen) atoms. The van der Waals surface area contributed by atoms with Crippen molar-refractivity contribution in [2.45, 2.75) is 13.8 Å². The van der Waals surface area contributed by atoms with Gasteiger partial charge in [-0.3, -0.25) is 4.68 Å². The van der Waals surface area contributed by atoms with E-state index in [-0.39, 0.29) is 0 Å². The van der Waals surface area contributed by atoms with Crippen molar-refractivity contribution < 1.29 is 0 Å². The van der Waals surface area contributed by atoms with Gasteiger partial charge in [0.25, 0.3) is 0 Å². The van der Waals surface area contributed by atoms with Crippen LogP contribution in [0.5, 0.6) is 0 Å². The number of anilines is 2. The number of rotatable bonds is 2. The number of hydrogen-bond donors (Lipinski definition) is 1. The normalized spacial score (nSPS) is 11.3. The Balaban J connectivity index is 2.03. The smallest absolute Gasteiger partial charge is 0.191 e. The van der Waals surface area contributed by atoms with E-state index in [0.717, 1.165) is 32.6 Å². The molecule has 0 bridgehead atoms. The lowest BCUT2D eigenvalue weighted by molar-refractivity contribution is 0.771. The van der Waals surface area contributed by atoms with Gasteiger partial charge < -0.3 is 5.32 Å². The molecule has 0 aliphatic carbocycles. The summed E-state index contributed by atoms with van der Waals surface area (Å²) < 4.78 is 4.74. The predicted octanol–water partition coefficient (Wildman–Crippen LogP) is 2.12. The standard InChI is InChI=1S/C11H14N6S/c1-6-5-12-16(3)9(6)13-11-14-10-8(18-11)7(2)15-17(10)4/h5H,1-4H3,(H,13,14). The van der Waals surface area contributed by atoms with Crippen molar-refractivity contribution in [2.75, 3.05) is 5.32 Å². The van der Waals surface area contributed by atoms with E-state index in [1.165, 1.54) is 0 Å². The maximum atomic E-state index is 4.56. The minimum Gasteiger partial charge on any atom is -0.316 e. The molecule has 0 aliphatic heterocycles. The van der Waals surface area contributed by atoms with Crippen molar-refractivity contribution in [3.8, 4) is 0 Å². The van der Waals surface area contributed by atoms with Crippen LogP contribution >= 0.6 is 11.3 Å². The molecule has 94 valence electrons. The van der Waals surface area contributed by atoms with Crippen molar-refractivity contribution >= 4 is 32.6 Å². The highest BCUT2D eigenvalue weighted by atomic mass is 32.1. The van der Waals surface area contributed by atoms with Crippen LogP contribution in [0.15, 0.2) is 6.20 Å². The molecule has 0 aliphatic rings. The lowest BCUT2D eigenvalue weighted by atomic mass is 10.4. The summed E-state index contributed by atoms with van der Waals surface area (Å²) in [6.07, 6.45) is 1.84. The molecule has 3 aromatic heterocycles. The molecular weight excluding hydrogens is 248 g/mol. The molecule has 6 nitrogen and oxygen atoms in total. The molecule has 3 rings (SSSR count). The molecule has 0 fully saturated rings. The van der Waals surface area contributed by atoms with Crippen molar-refractivity contribution in [1.82, 2.24) is 24.5 Å². The average Bonchev–Trinajstić information content (AvgIpc) is 2.94. The van der Waals surface area contributed by atoms with E-state index in [1.54, 1.807) is 11.3 Å². The highest BCUT2D eigenvalue weighted by Crippen LogP contribution is 2.30. The Kier molecular flexibility index (Phi) is 2.37. The molecule has 0 atom stereocenters. The third-order valence-electron chi connectivity index (χ3n) is 2.89. The van der Waals surface area contributed by atoms with Gasteiger partial charge >= 0.3 is 0 Å². The number of fused-ring (bicyclic) bond motifs is 1. The van der Waals surface area contributed by atoms with Crippen LogP contribution in [0, 0.1) is 13.8 Å². The lowest BCUT2D eigenvalue weighted by Crippen LogP contribution is -2.00. The van der Waals surface area contributed by atoms with Gasteiger partial charge in [-0.25, -0.2) is 9.67 Å². The Hall–Kier alpha value is -1.89. The van der Waals surface area contributed by atoms with Crippen molar-refractivity contribution in [2.24, 2.45) is 14.1 Å². The van der Waals surface area contributed by atoms with Crippen molar-refractivity contribution in [1.29, 1.82) is 0 Å². The molecule has 3 heterocycles. The molecule has 1 N–H and O–H groups in total. The van der Waals surface area contributed by atoms with Gasteiger partial charge in [-0.05, 0) is 13.8 Å². The van der Waals surface area contributed by atoms with Crippen LogP contribution in [0.1, 0.15) is 11.3 Å². The first kappa shape index (κ1) is 11.2. The maximum Gasteiger partial charge on any atom is 0.191 e. The molecule has 0 saturated heterocycles. The van der Waals surface area contributed by atoms with E-state index in [1.807, 2.05) is 43.5 Å². The fourth-order valence-electron chi connectivity index (χ4n) is 1.97. The number of aromatic nitrogens is 5. The van der Waals surface area contributed by atoms with Crippen LogP contribution in [-0.4, -0.2) is 24.5 Å². The zero-order valence-electron chi connectivity index (χ0n) is 10.7. The number of thiazole rings is 1. The second-order valence-electron chi connectivity index (χ2n) is 4.31. The zero-order chi connectivity index (χ0) is 12.9. The Bertz CT molecular complexity index is 665. The largest absolute Gasteiger partial charge is 0.316 e. The van der Waals surface area contributed by atoms with Crippen LogP contribution in [0.4, 0.5) is 10.9 Å².